The molecule has 0 aliphatic rings. The maximum atomic E-state index is 11.7. The molecule has 0 saturated heterocycles. The Labute approximate surface area is 130 Å². The highest BCUT2D eigenvalue weighted by atomic mass is 35.7. The van der Waals surface area contributed by atoms with Crippen LogP contribution in [0.2, 0.25) is 0 Å². The summed E-state index contributed by atoms with van der Waals surface area (Å²) >= 11 is 0. The number of benzene rings is 1. The minimum atomic E-state index is -3.92. The average molecular weight is 334 g/mol. The number of rotatable bonds is 6. The molecule has 0 saturated carbocycles. The molecule has 0 radical (unpaired) electrons. The summed E-state index contributed by atoms with van der Waals surface area (Å²) in [5.74, 6) is 0.0600. The summed E-state index contributed by atoms with van der Waals surface area (Å²) in [6.07, 6.45) is 0. The molecule has 21 heavy (non-hydrogen) atoms. The number of halogens is 1. The largest absolute Gasteiger partial charge is 0.482 e. The minimum absolute atomic E-state index is 0.00958. The number of hydrogen-bond donors (Lipinski definition) is 1. The van der Waals surface area contributed by atoms with Crippen molar-refractivity contribution < 1.29 is 17.9 Å². The van der Waals surface area contributed by atoms with E-state index in [0.717, 1.165) is 5.56 Å². The first-order valence-corrected chi connectivity index (χ1v) is 8.89. The van der Waals surface area contributed by atoms with Crippen molar-refractivity contribution in [3.8, 4) is 5.75 Å². The molecule has 1 rings (SSSR count). The molecule has 0 spiro atoms. The van der Waals surface area contributed by atoms with Crippen LogP contribution >= 0.6 is 10.7 Å². The van der Waals surface area contributed by atoms with Crippen LogP contribution in [-0.2, 0) is 13.8 Å². The molecule has 0 bridgehead atoms. The van der Waals surface area contributed by atoms with E-state index in [1.807, 2.05) is 20.8 Å². The molecule has 0 aliphatic heterocycles. The van der Waals surface area contributed by atoms with E-state index in [1.54, 1.807) is 13.0 Å². The van der Waals surface area contributed by atoms with E-state index in [-0.39, 0.29) is 29.2 Å². The maximum absolute atomic E-state index is 11.7. The molecule has 1 atom stereocenters. The summed E-state index contributed by atoms with van der Waals surface area (Å²) in [5, 5.41) is 2.77. The SMILES string of the molecule is Cc1ccc(OCC(=O)NC(C)C(C)C)c(S(=O)(=O)Cl)c1. The summed E-state index contributed by atoms with van der Waals surface area (Å²) in [5.41, 5.74) is 0.736. The maximum Gasteiger partial charge on any atom is 0.264 e. The fourth-order valence-electron chi connectivity index (χ4n) is 1.53. The normalized spacial score (nSPS) is 13.0. The van der Waals surface area contributed by atoms with Crippen molar-refractivity contribution in [2.24, 2.45) is 5.92 Å². The lowest BCUT2D eigenvalue weighted by molar-refractivity contribution is -0.124. The third-order valence-electron chi connectivity index (χ3n) is 3.11. The third kappa shape index (κ3) is 5.55. The van der Waals surface area contributed by atoms with Crippen molar-refractivity contribution >= 4 is 25.6 Å². The molecule has 5 nitrogen and oxygen atoms in total. The van der Waals surface area contributed by atoms with Crippen LogP contribution in [0.3, 0.4) is 0 Å². The van der Waals surface area contributed by atoms with Crippen molar-refractivity contribution in [1.29, 1.82) is 0 Å². The molecule has 1 unspecified atom stereocenters. The number of ether oxygens (including phenoxy) is 1. The lowest BCUT2D eigenvalue weighted by Gasteiger charge is -2.17. The highest BCUT2D eigenvalue weighted by molar-refractivity contribution is 8.13. The molecule has 0 aromatic heterocycles. The van der Waals surface area contributed by atoms with Crippen molar-refractivity contribution in [2.45, 2.75) is 38.6 Å². The minimum Gasteiger partial charge on any atom is -0.482 e. The van der Waals surface area contributed by atoms with Gasteiger partial charge in [-0.1, -0.05) is 19.9 Å². The third-order valence-corrected chi connectivity index (χ3v) is 4.45. The Balaban J connectivity index is 2.79. The molecule has 0 aliphatic carbocycles. The number of hydrogen-bond acceptors (Lipinski definition) is 4. The molecule has 1 amide bonds. The highest BCUT2D eigenvalue weighted by Gasteiger charge is 2.18. The Bertz CT molecular complexity index is 613. The van der Waals surface area contributed by atoms with E-state index in [1.165, 1.54) is 12.1 Å². The predicted molar refractivity (Wildman–Crippen MR) is 82.2 cm³/mol. The summed E-state index contributed by atoms with van der Waals surface area (Å²) in [6.45, 7) is 7.35. The van der Waals surface area contributed by atoms with Gasteiger partial charge in [-0.15, -0.1) is 0 Å². The Morgan fingerprint density at radius 3 is 2.48 bits per heavy atom. The number of amides is 1. The van der Waals surface area contributed by atoms with Crippen LogP contribution in [0.25, 0.3) is 0 Å². The second kappa shape index (κ2) is 7.13. The summed E-state index contributed by atoms with van der Waals surface area (Å²) in [6, 6.07) is 4.60. The standard InChI is InChI=1S/C14H20ClNO4S/c1-9(2)11(4)16-14(17)8-20-12-6-5-10(3)7-13(12)21(15,18)19/h5-7,9,11H,8H2,1-4H3,(H,16,17). The van der Waals surface area contributed by atoms with Crippen LogP contribution in [0.4, 0.5) is 0 Å². The topological polar surface area (TPSA) is 72.5 Å². The lowest BCUT2D eigenvalue weighted by Crippen LogP contribution is -2.39. The van der Waals surface area contributed by atoms with Crippen LogP contribution < -0.4 is 10.1 Å². The van der Waals surface area contributed by atoms with Crippen LogP contribution in [0, 0.1) is 12.8 Å². The van der Waals surface area contributed by atoms with E-state index in [4.69, 9.17) is 15.4 Å². The van der Waals surface area contributed by atoms with Gasteiger partial charge in [-0.2, -0.15) is 0 Å². The number of nitrogens with one attached hydrogen (secondary N) is 1. The quantitative estimate of drug-likeness (QED) is 0.812. The number of carbonyl (C=O) groups is 1. The highest BCUT2D eigenvalue weighted by Crippen LogP contribution is 2.27. The van der Waals surface area contributed by atoms with Gasteiger partial charge < -0.3 is 10.1 Å². The summed E-state index contributed by atoms with van der Waals surface area (Å²) in [7, 11) is 1.44. The first-order chi connectivity index (χ1) is 9.61. The predicted octanol–water partition coefficient (Wildman–Crippen LogP) is 2.46. The van der Waals surface area contributed by atoms with E-state index in [9.17, 15) is 13.2 Å². The van der Waals surface area contributed by atoms with Crippen molar-refractivity contribution in [3.63, 3.8) is 0 Å². The van der Waals surface area contributed by atoms with Crippen LogP contribution in [0.15, 0.2) is 23.1 Å². The molecule has 1 aromatic carbocycles. The molecule has 0 heterocycles. The number of aryl methyl sites for hydroxylation is 1. The lowest BCUT2D eigenvalue weighted by atomic mass is 10.1. The Morgan fingerprint density at radius 1 is 1.33 bits per heavy atom. The molecule has 0 fully saturated rings. The van der Waals surface area contributed by atoms with Gasteiger partial charge in [0, 0.05) is 16.7 Å². The summed E-state index contributed by atoms with van der Waals surface area (Å²) < 4.78 is 28.3. The smallest absolute Gasteiger partial charge is 0.264 e. The number of carbonyl (C=O) groups excluding carboxylic acids is 1. The van der Waals surface area contributed by atoms with Crippen LogP contribution in [0.1, 0.15) is 26.3 Å². The second-order valence-electron chi connectivity index (χ2n) is 5.28. The first-order valence-electron chi connectivity index (χ1n) is 6.58. The molecule has 7 heteroatoms. The fourth-order valence-corrected chi connectivity index (χ4v) is 2.59. The van der Waals surface area contributed by atoms with E-state index < -0.39 is 9.05 Å². The van der Waals surface area contributed by atoms with Gasteiger partial charge in [0.15, 0.2) is 6.61 Å². The van der Waals surface area contributed by atoms with Gasteiger partial charge in [-0.05, 0) is 37.5 Å². The average Bonchev–Trinajstić information content (AvgIpc) is 2.35. The molecule has 118 valence electrons. The van der Waals surface area contributed by atoms with Gasteiger partial charge in [0.05, 0.1) is 0 Å². The Morgan fingerprint density at radius 2 is 1.95 bits per heavy atom. The molecule has 1 N–H and O–H groups in total. The zero-order valence-electron chi connectivity index (χ0n) is 12.5. The van der Waals surface area contributed by atoms with Gasteiger partial charge in [0.2, 0.25) is 0 Å². The Kier molecular flexibility index (Phi) is 6.04. The second-order valence-corrected chi connectivity index (χ2v) is 7.81. The van der Waals surface area contributed by atoms with Crippen molar-refractivity contribution in [1.82, 2.24) is 5.32 Å². The van der Waals surface area contributed by atoms with E-state index >= 15 is 0 Å². The van der Waals surface area contributed by atoms with Gasteiger partial charge in [0.1, 0.15) is 10.6 Å². The van der Waals surface area contributed by atoms with Crippen molar-refractivity contribution in [2.75, 3.05) is 6.61 Å². The summed E-state index contributed by atoms with van der Waals surface area (Å²) in [4.78, 5) is 11.6. The molecular formula is C14H20ClNO4S. The van der Waals surface area contributed by atoms with Gasteiger partial charge in [0.25, 0.3) is 15.0 Å². The fraction of sp³-hybridized carbons (Fsp3) is 0.500. The first kappa shape index (κ1) is 17.8. The van der Waals surface area contributed by atoms with Crippen LogP contribution in [0.5, 0.6) is 5.75 Å². The van der Waals surface area contributed by atoms with Crippen molar-refractivity contribution in [3.05, 3.63) is 23.8 Å². The Hall–Kier alpha value is -1.27. The van der Waals surface area contributed by atoms with E-state index in [0.29, 0.717) is 5.92 Å². The molecular weight excluding hydrogens is 314 g/mol. The van der Waals surface area contributed by atoms with Gasteiger partial charge in [-0.3, -0.25) is 4.79 Å². The van der Waals surface area contributed by atoms with E-state index in [2.05, 4.69) is 5.32 Å². The zero-order chi connectivity index (χ0) is 16.2. The van der Waals surface area contributed by atoms with Crippen LogP contribution in [-0.4, -0.2) is 27.0 Å². The van der Waals surface area contributed by atoms with Gasteiger partial charge >= 0.3 is 0 Å². The zero-order valence-corrected chi connectivity index (χ0v) is 14.1. The van der Waals surface area contributed by atoms with Gasteiger partial charge in [-0.25, -0.2) is 8.42 Å². The molecule has 1 aromatic rings. The monoisotopic (exact) mass is 333 g/mol.